The van der Waals surface area contributed by atoms with Crippen molar-refractivity contribution in [2.75, 3.05) is 37.6 Å². The SMILES string of the molecule is C[C@@H](Oc1nc(-c2cnc(N3CCNCC3)c(F)c2)cc2ncn(C3CC3)c12)[C@H]1CNC(=O)C1. The second kappa shape index (κ2) is 8.50. The first kappa shape index (κ1) is 21.3. The molecular weight excluding hydrogens is 437 g/mol. The van der Waals surface area contributed by atoms with Gasteiger partial charge in [0.15, 0.2) is 11.6 Å². The molecule has 6 rings (SSSR count). The Hall–Kier alpha value is -3.27. The Labute approximate surface area is 196 Å². The summed E-state index contributed by atoms with van der Waals surface area (Å²) < 4.78 is 23.5. The number of rotatable bonds is 6. The molecule has 0 aromatic carbocycles. The predicted molar refractivity (Wildman–Crippen MR) is 125 cm³/mol. The van der Waals surface area contributed by atoms with Crippen LogP contribution >= 0.6 is 0 Å². The van der Waals surface area contributed by atoms with E-state index in [9.17, 15) is 4.79 Å². The zero-order chi connectivity index (χ0) is 23.2. The number of halogens is 1. The highest BCUT2D eigenvalue weighted by Gasteiger charge is 2.31. The molecule has 1 aliphatic carbocycles. The second-order valence-corrected chi connectivity index (χ2v) is 9.42. The second-order valence-electron chi connectivity index (χ2n) is 9.42. The van der Waals surface area contributed by atoms with E-state index in [0.29, 0.717) is 42.0 Å². The minimum Gasteiger partial charge on any atom is -0.473 e. The van der Waals surface area contributed by atoms with Crippen molar-refractivity contribution >= 4 is 22.8 Å². The molecule has 1 saturated carbocycles. The molecule has 3 fully saturated rings. The van der Waals surface area contributed by atoms with Crippen molar-refractivity contribution < 1.29 is 13.9 Å². The van der Waals surface area contributed by atoms with Gasteiger partial charge < -0.3 is 24.8 Å². The summed E-state index contributed by atoms with van der Waals surface area (Å²) in [6.45, 7) is 5.62. The summed E-state index contributed by atoms with van der Waals surface area (Å²) in [6.07, 6.45) is 5.93. The molecule has 10 heteroatoms. The zero-order valence-corrected chi connectivity index (χ0v) is 19.1. The molecule has 2 atom stereocenters. The van der Waals surface area contributed by atoms with E-state index in [1.165, 1.54) is 6.07 Å². The van der Waals surface area contributed by atoms with Gasteiger partial charge in [-0.1, -0.05) is 0 Å². The molecule has 34 heavy (non-hydrogen) atoms. The van der Waals surface area contributed by atoms with E-state index >= 15 is 4.39 Å². The Morgan fingerprint density at radius 1 is 1.21 bits per heavy atom. The summed E-state index contributed by atoms with van der Waals surface area (Å²) in [6, 6.07) is 3.76. The lowest BCUT2D eigenvalue weighted by Gasteiger charge is -2.28. The van der Waals surface area contributed by atoms with E-state index in [4.69, 9.17) is 9.72 Å². The number of imidazole rings is 1. The maximum Gasteiger partial charge on any atom is 0.241 e. The number of anilines is 1. The number of pyridine rings is 2. The van der Waals surface area contributed by atoms with Gasteiger partial charge in [0.25, 0.3) is 0 Å². The molecule has 2 aliphatic heterocycles. The van der Waals surface area contributed by atoms with Crippen LogP contribution in [0.4, 0.5) is 10.2 Å². The first-order chi connectivity index (χ1) is 16.6. The molecule has 2 N–H and O–H groups in total. The molecule has 3 aliphatic rings. The van der Waals surface area contributed by atoms with Crippen LogP contribution in [0.25, 0.3) is 22.3 Å². The molecule has 3 aromatic rings. The van der Waals surface area contributed by atoms with Crippen molar-refractivity contribution in [3.05, 3.63) is 30.5 Å². The van der Waals surface area contributed by atoms with Crippen LogP contribution in [-0.4, -0.2) is 64.3 Å². The highest BCUT2D eigenvalue weighted by molar-refractivity contribution is 5.85. The Kier molecular flexibility index (Phi) is 5.32. The standard InChI is InChI=1S/C24H28FN7O2/c1-14(15-9-21(33)27-11-15)34-24-22-20(29-13-32(22)17-2-3-17)10-19(30-24)16-8-18(25)23(28-12-16)31-6-4-26-5-7-31/h8,10,12-15,17,26H,2-7,9,11H2,1H3,(H,27,33)/t14-,15-/m1/s1. The van der Waals surface area contributed by atoms with Crippen LogP contribution in [0.3, 0.4) is 0 Å². The fourth-order valence-corrected chi connectivity index (χ4v) is 4.80. The van der Waals surface area contributed by atoms with Gasteiger partial charge in [-0.2, -0.15) is 0 Å². The van der Waals surface area contributed by atoms with Crippen LogP contribution < -0.4 is 20.3 Å². The summed E-state index contributed by atoms with van der Waals surface area (Å²) in [5, 5.41) is 6.14. The van der Waals surface area contributed by atoms with Crippen molar-refractivity contribution in [1.82, 2.24) is 30.2 Å². The molecule has 0 unspecified atom stereocenters. The molecule has 0 spiro atoms. The van der Waals surface area contributed by atoms with E-state index in [-0.39, 0.29) is 23.7 Å². The number of hydrogen-bond donors (Lipinski definition) is 2. The number of amides is 1. The van der Waals surface area contributed by atoms with Crippen molar-refractivity contribution in [2.24, 2.45) is 5.92 Å². The normalized spacial score (nSPS) is 21.6. The minimum absolute atomic E-state index is 0.0430. The smallest absolute Gasteiger partial charge is 0.241 e. The average Bonchev–Trinajstić information content (AvgIpc) is 3.44. The number of carbonyl (C=O) groups is 1. The lowest BCUT2D eigenvalue weighted by molar-refractivity contribution is -0.119. The van der Waals surface area contributed by atoms with Crippen LogP contribution in [0.1, 0.15) is 32.2 Å². The van der Waals surface area contributed by atoms with Crippen LogP contribution in [0, 0.1) is 11.7 Å². The fourth-order valence-electron chi connectivity index (χ4n) is 4.80. The minimum atomic E-state index is -0.365. The molecule has 5 heterocycles. The lowest BCUT2D eigenvalue weighted by atomic mass is 10.0. The van der Waals surface area contributed by atoms with Crippen molar-refractivity contribution in [1.29, 1.82) is 0 Å². The summed E-state index contributed by atoms with van der Waals surface area (Å²) in [7, 11) is 0. The molecule has 3 aromatic heterocycles. The largest absolute Gasteiger partial charge is 0.473 e. The number of carbonyl (C=O) groups excluding carboxylic acids is 1. The van der Waals surface area contributed by atoms with Gasteiger partial charge in [0, 0.05) is 62.9 Å². The van der Waals surface area contributed by atoms with Gasteiger partial charge in [-0.15, -0.1) is 0 Å². The summed E-state index contributed by atoms with van der Waals surface area (Å²) in [5.74, 6) is 0.587. The van der Waals surface area contributed by atoms with Gasteiger partial charge in [-0.05, 0) is 31.9 Å². The van der Waals surface area contributed by atoms with Gasteiger partial charge in [0.05, 0.1) is 17.5 Å². The molecule has 0 bridgehead atoms. The maximum absolute atomic E-state index is 15.1. The third-order valence-corrected chi connectivity index (χ3v) is 6.96. The molecule has 1 amide bonds. The molecular formula is C24H28FN7O2. The van der Waals surface area contributed by atoms with Gasteiger partial charge in [-0.25, -0.2) is 19.3 Å². The van der Waals surface area contributed by atoms with Crippen LogP contribution in [0.2, 0.25) is 0 Å². The zero-order valence-electron chi connectivity index (χ0n) is 19.1. The number of fused-ring (bicyclic) bond motifs is 1. The fraction of sp³-hybridized carbons (Fsp3) is 0.500. The van der Waals surface area contributed by atoms with Crippen LogP contribution in [0.5, 0.6) is 5.88 Å². The van der Waals surface area contributed by atoms with E-state index in [2.05, 4.69) is 25.2 Å². The summed E-state index contributed by atoms with van der Waals surface area (Å²) >= 11 is 0. The number of ether oxygens (including phenoxy) is 1. The highest BCUT2D eigenvalue weighted by Crippen LogP contribution is 2.40. The Balaban J connectivity index is 1.36. The number of piperazine rings is 1. The van der Waals surface area contributed by atoms with Crippen molar-refractivity contribution in [3.8, 4) is 17.1 Å². The van der Waals surface area contributed by atoms with Gasteiger partial charge in [-0.3, -0.25) is 4.79 Å². The molecule has 9 nitrogen and oxygen atoms in total. The highest BCUT2D eigenvalue weighted by atomic mass is 19.1. The topological polar surface area (TPSA) is 97.2 Å². The summed E-state index contributed by atoms with van der Waals surface area (Å²) in [4.78, 5) is 27.5. The van der Waals surface area contributed by atoms with Gasteiger partial charge in [0.2, 0.25) is 11.8 Å². The first-order valence-corrected chi connectivity index (χ1v) is 12.0. The van der Waals surface area contributed by atoms with Crippen LogP contribution in [-0.2, 0) is 4.79 Å². The quantitative estimate of drug-likeness (QED) is 0.577. The van der Waals surface area contributed by atoms with E-state index in [0.717, 1.165) is 50.1 Å². The first-order valence-electron chi connectivity index (χ1n) is 12.0. The van der Waals surface area contributed by atoms with Crippen molar-refractivity contribution in [2.45, 2.75) is 38.3 Å². The third-order valence-electron chi connectivity index (χ3n) is 6.96. The monoisotopic (exact) mass is 465 g/mol. The number of hydrogen-bond acceptors (Lipinski definition) is 7. The Bertz CT molecular complexity index is 1240. The Morgan fingerprint density at radius 2 is 2.03 bits per heavy atom. The van der Waals surface area contributed by atoms with E-state index in [1.807, 2.05) is 24.2 Å². The molecule has 178 valence electrons. The summed E-state index contributed by atoms with van der Waals surface area (Å²) in [5.41, 5.74) is 2.75. The van der Waals surface area contributed by atoms with E-state index < -0.39 is 0 Å². The number of aromatic nitrogens is 4. The maximum atomic E-state index is 15.1. The van der Waals surface area contributed by atoms with Gasteiger partial charge >= 0.3 is 0 Å². The van der Waals surface area contributed by atoms with Crippen LogP contribution in [0.15, 0.2) is 24.7 Å². The lowest BCUT2D eigenvalue weighted by Crippen LogP contribution is -2.44. The van der Waals surface area contributed by atoms with Crippen molar-refractivity contribution in [3.63, 3.8) is 0 Å². The van der Waals surface area contributed by atoms with E-state index in [1.54, 1.807) is 6.20 Å². The third kappa shape index (κ3) is 3.96. The Morgan fingerprint density at radius 3 is 2.74 bits per heavy atom. The average molecular weight is 466 g/mol. The predicted octanol–water partition coefficient (Wildman–Crippen LogP) is 2.28. The molecule has 0 radical (unpaired) electrons. The van der Waals surface area contributed by atoms with Gasteiger partial charge in [0.1, 0.15) is 11.6 Å². The number of nitrogens with zero attached hydrogens (tertiary/aromatic N) is 5. The molecule has 2 saturated heterocycles. The number of nitrogens with one attached hydrogen (secondary N) is 2.